The lowest BCUT2D eigenvalue weighted by atomic mass is 10.2. The number of amides is 1. The molecule has 1 aromatic carbocycles. The highest BCUT2D eigenvalue weighted by molar-refractivity contribution is 9.10. The Bertz CT molecular complexity index is 487. The van der Waals surface area contributed by atoms with Crippen LogP contribution in [0.25, 0.3) is 0 Å². The van der Waals surface area contributed by atoms with Crippen molar-refractivity contribution in [1.29, 1.82) is 0 Å². The second-order valence-corrected chi connectivity index (χ2v) is 6.01. The zero-order chi connectivity index (χ0) is 12.2. The quantitative estimate of drug-likeness (QED) is 0.819. The van der Waals surface area contributed by atoms with Crippen molar-refractivity contribution in [3.05, 3.63) is 29.8 Å². The Morgan fingerprint density at radius 2 is 2.12 bits per heavy atom. The van der Waals surface area contributed by atoms with Gasteiger partial charge in [-0.15, -0.1) is 0 Å². The van der Waals surface area contributed by atoms with Crippen LogP contribution in [0.5, 0.6) is 0 Å². The number of carbonyl (C=O) groups excluding carboxylic acids is 1. The van der Waals surface area contributed by atoms with Gasteiger partial charge < -0.3 is 5.32 Å². The van der Waals surface area contributed by atoms with Gasteiger partial charge >= 0.3 is 0 Å². The van der Waals surface area contributed by atoms with Crippen molar-refractivity contribution in [2.45, 2.75) is 0 Å². The average Bonchev–Trinajstić information content (AvgIpc) is 2.28. The van der Waals surface area contributed by atoms with Gasteiger partial charge in [0.2, 0.25) is 10.0 Å². The average molecular weight is 307 g/mol. The third-order valence-corrected chi connectivity index (χ3v) is 4.41. The van der Waals surface area contributed by atoms with E-state index in [1.54, 1.807) is 18.2 Å². The summed E-state index contributed by atoms with van der Waals surface area (Å²) in [4.78, 5) is 11.3. The number of anilines is 1. The molecule has 88 valence electrons. The van der Waals surface area contributed by atoms with Gasteiger partial charge in [0.25, 0.3) is 5.91 Å². The Kier molecular flexibility index (Phi) is 4.31. The molecule has 7 heteroatoms. The number of hydrogen-bond donors (Lipinski definition) is 2. The van der Waals surface area contributed by atoms with Crippen molar-refractivity contribution >= 4 is 37.5 Å². The standard InChI is InChI=1S/C9H11BrN2O3S/c1-11-9(13)7-3-2-4-8(5-7)12-16(14,15)6-10/h2-5,12H,6H2,1H3,(H,11,13). The van der Waals surface area contributed by atoms with E-state index in [2.05, 4.69) is 26.0 Å². The fourth-order valence-electron chi connectivity index (χ4n) is 1.08. The van der Waals surface area contributed by atoms with Crippen LogP contribution < -0.4 is 10.0 Å². The molecule has 0 saturated carbocycles. The second kappa shape index (κ2) is 5.31. The zero-order valence-corrected chi connectivity index (χ0v) is 10.9. The Balaban J connectivity index is 2.96. The Labute approximate surface area is 102 Å². The molecule has 2 N–H and O–H groups in total. The fraction of sp³-hybridized carbons (Fsp3) is 0.222. The maximum absolute atomic E-state index is 11.3. The van der Waals surface area contributed by atoms with Gasteiger partial charge in [0.05, 0.1) is 0 Å². The summed E-state index contributed by atoms with van der Waals surface area (Å²) in [5.41, 5.74) is 0.762. The highest BCUT2D eigenvalue weighted by Crippen LogP contribution is 2.13. The first-order chi connectivity index (χ1) is 7.48. The molecule has 0 aliphatic rings. The first-order valence-corrected chi connectivity index (χ1v) is 7.14. The van der Waals surface area contributed by atoms with E-state index in [0.717, 1.165) is 0 Å². The van der Waals surface area contributed by atoms with Crippen LogP contribution in [0.3, 0.4) is 0 Å². The Morgan fingerprint density at radius 1 is 1.44 bits per heavy atom. The summed E-state index contributed by atoms with van der Waals surface area (Å²) in [7, 11) is -1.88. The van der Waals surface area contributed by atoms with Gasteiger partial charge in [-0.05, 0) is 18.2 Å². The minimum Gasteiger partial charge on any atom is -0.355 e. The lowest BCUT2D eigenvalue weighted by Crippen LogP contribution is -2.18. The minimum absolute atomic E-state index is 0.190. The Morgan fingerprint density at radius 3 is 2.69 bits per heavy atom. The number of rotatable bonds is 4. The molecule has 0 aromatic heterocycles. The van der Waals surface area contributed by atoms with Gasteiger partial charge in [0, 0.05) is 18.3 Å². The van der Waals surface area contributed by atoms with E-state index in [9.17, 15) is 13.2 Å². The molecule has 1 rings (SSSR count). The number of alkyl halides is 1. The molecule has 0 radical (unpaired) electrons. The molecule has 5 nitrogen and oxygen atoms in total. The summed E-state index contributed by atoms with van der Waals surface area (Å²) in [6, 6.07) is 6.26. The van der Waals surface area contributed by atoms with Gasteiger partial charge in [0.15, 0.2) is 0 Å². The van der Waals surface area contributed by atoms with Gasteiger partial charge in [-0.3, -0.25) is 9.52 Å². The summed E-state index contributed by atoms with van der Waals surface area (Å²) in [5.74, 6) is -0.264. The van der Waals surface area contributed by atoms with E-state index in [4.69, 9.17) is 0 Å². The van der Waals surface area contributed by atoms with E-state index in [1.165, 1.54) is 13.1 Å². The van der Waals surface area contributed by atoms with Crippen molar-refractivity contribution in [2.75, 3.05) is 16.4 Å². The monoisotopic (exact) mass is 306 g/mol. The van der Waals surface area contributed by atoms with Crippen molar-refractivity contribution in [1.82, 2.24) is 5.32 Å². The van der Waals surface area contributed by atoms with Crippen LogP contribution >= 0.6 is 15.9 Å². The number of sulfonamides is 1. The molecule has 1 amide bonds. The molecule has 0 unspecified atom stereocenters. The normalized spacial score (nSPS) is 10.9. The molecule has 0 aliphatic carbocycles. The van der Waals surface area contributed by atoms with E-state index in [0.29, 0.717) is 11.3 Å². The molecular formula is C9H11BrN2O3S. The van der Waals surface area contributed by atoms with Gasteiger partial charge in [-0.2, -0.15) is 0 Å². The molecule has 16 heavy (non-hydrogen) atoms. The van der Waals surface area contributed by atoms with Crippen LogP contribution in [0.4, 0.5) is 5.69 Å². The predicted octanol–water partition coefficient (Wildman–Crippen LogP) is 1.14. The first kappa shape index (κ1) is 13.0. The van der Waals surface area contributed by atoms with Crippen molar-refractivity contribution < 1.29 is 13.2 Å². The number of carbonyl (C=O) groups is 1. The molecule has 0 saturated heterocycles. The lowest BCUT2D eigenvalue weighted by Gasteiger charge is -2.06. The van der Waals surface area contributed by atoms with Crippen LogP contribution in [-0.2, 0) is 10.0 Å². The molecule has 0 atom stereocenters. The largest absolute Gasteiger partial charge is 0.355 e. The molecule has 0 spiro atoms. The van der Waals surface area contributed by atoms with Crippen molar-refractivity contribution in [3.63, 3.8) is 0 Å². The van der Waals surface area contributed by atoms with Crippen LogP contribution in [0, 0.1) is 0 Å². The third kappa shape index (κ3) is 3.49. The number of hydrogen-bond acceptors (Lipinski definition) is 3. The smallest absolute Gasteiger partial charge is 0.251 e. The number of benzene rings is 1. The van der Waals surface area contributed by atoms with Gasteiger partial charge in [-0.25, -0.2) is 8.42 Å². The molecule has 1 aromatic rings. The topological polar surface area (TPSA) is 75.3 Å². The summed E-state index contributed by atoms with van der Waals surface area (Å²) >= 11 is 2.86. The van der Waals surface area contributed by atoms with E-state index in [-0.39, 0.29) is 10.6 Å². The molecule has 0 heterocycles. The SMILES string of the molecule is CNC(=O)c1cccc(NS(=O)(=O)CBr)c1. The predicted molar refractivity (Wildman–Crippen MR) is 66.2 cm³/mol. The van der Waals surface area contributed by atoms with Crippen LogP contribution in [0.1, 0.15) is 10.4 Å². The highest BCUT2D eigenvalue weighted by atomic mass is 79.9. The van der Waals surface area contributed by atoms with E-state index >= 15 is 0 Å². The molecule has 0 aliphatic heterocycles. The second-order valence-electron chi connectivity index (χ2n) is 2.99. The van der Waals surface area contributed by atoms with E-state index in [1.807, 2.05) is 0 Å². The summed E-state index contributed by atoms with van der Waals surface area (Å²) in [6.07, 6.45) is 0. The number of halogens is 1. The summed E-state index contributed by atoms with van der Waals surface area (Å²) < 4.78 is 24.7. The number of nitrogens with one attached hydrogen (secondary N) is 2. The van der Waals surface area contributed by atoms with Crippen LogP contribution in [-0.4, -0.2) is 26.0 Å². The van der Waals surface area contributed by atoms with E-state index < -0.39 is 10.0 Å². The molecule has 0 bridgehead atoms. The van der Waals surface area contributed by atoms with Crippen molar-refractivity contribution in [2.24, 2.45) is 0 Å². The van der Waals surface area contributed by atoms with Gasteiger partial charge in [0.1, 0.15) is 4.66 Å². The summed E-state index contributed by atoms with van der Waals surface area (Å²) in [5, 5.41) is 2.46. The van der Waals surface area contributed by atoms with Crippen LogP contribution in [0.2, 0.25) is 0 Å². The Hall–Kier alpha value is -1.08. The third-order valence-electron chi connectivity index (χ3n) is 1.77. The van der Waals surface area contributed by atoms with Crippen molar-refractivity contribution in [3.8, 4) is 0 Å². The molecule has 0 fully saturated rings. The van der Waals surface area contributed by atoms with Crippen LogP contribution in [0.15, 0.2) is 24.3 Å². The minimum atomic E-state index is -3.39. The summed E-state index contributed by atoms with van der Waals surface area (Å²) in [6.45, 7) is 0. The highest BCUT2D eigenvalue weighted by Gasteiger charge is 2.09. The maximum atomic E-state index is 11.3. The molecular weight excluding hydrogens is 296 g/mol. The zero-order valence-electron chi connectivity index (χ0n) is 8.53. The maximum Gasteiger partial charge on any atom is 0.251 e. The lowest BCUT2D eigenvalue weighted by molar-refractivity contribution is 0.0963. The first-order valence-electron chi connectivity index (χ1n) is 4.37. The fourth-order valence-corrected chi connectivity index (χ4v) is 1.96. The van der Waals surface area contributed by atoms with Gasteiger partial charge in [-0.1, -0.05) is 22.0 Å².